The molecule has 2 heterocycles. The molecule has 1 saturated heterocycles. The van der Waals surface area contributed by atoms with Gasteiger partial charge in [0.1, 0.15) is 12.4 Å². The molecule has 28 heavy (non-hydrogen) atoms. The fourth-order valence-electron chi connectivity index (χ4n) is 3.15. The number of rotatable bonds is 8. The Balaban J connectivity index is 1.58. The third-order valence-corrected chi connectivity index (χ3v) is 4.99. The average molecular weight is 408 g/mol. The highest BCUT2D eigenvalue weighted by Gasteiger charge is 2.24. The first-order chi connectivity index (χ1) is 13.5. The van der Waals surface area contributed by atoms with E-state index in [0.717, 1.165) is 18.7 Å². The molecule has 3 rings (SSSR count). The number of halogens is 1. The van der Waals surface area contributed by atoms with Gasteiger partial charge >= 0.3 is 5.69 Å². The predicted octanol–water partition coefficient (Wildman–Crippen LogP) is 2.02. The molecule has 150 valence electrons. The van der Waals surface area contributed by atoms with Crippen LogP contribution in [0, 0.1) is 10.1 Å². The van der Waals surface area contributed by atoms with Crippen molar-refractivity contribution in [2.45, 2.75) is 19.0 Å². The number of nitrogens with one attached hydrogen (secondary N) is 1. The van der Waals surface area contributed by atoms with Crippen LogP contribution >= 0.6 is 11.6 Å². The van der Waals surface area contributed by atoms with Crippen molar-refractivity contribution in [3.8, 4) is 0 Å². The van der Waals surface area contributed by atoms with Gasteiger partial charge in [-0.3, -0.25) is 24.5 Å². The molecule has 1 aliphatic heterocycles. The Kier molecular flexibility index (Phi) is 6.96. The van der Waals surface area contributed by atoms with Gasteiger partial charge in [0.15, 0.2) is 0 Å². The molecule has 0 bridgehead atoms. The number of morpholine rings is 1. The summed E-state index contributed by atoms with van der Waals surface area (Å²) in [5.41, 5.74) is 0.876. The zero-order chi connectivity index (χ0) is 19.9. The van der Waals surface area contributed by atoms with E-state index in [9.17, 15) is 14.9 Å². The number of carbonyl (C=O) groups excluding carboxylic acids is 1. The molecule has 0 radical (unpaired) electrons. The van der Waals surface area contributed by atoms with Gasteiger partial charge in [-0.1, -0.05) is 29.8 Å². The lowest BCUT2D eigenvalue weighted by Crippen LogP contribution is -2.44. The number of nitro groups is 1. The molecule has 1 aliphatic rings. The molecule has 2 aromatic rings. The molecule has 1 fully saturated rings. The Bertz CT molecular complexity index is 822. The minimum Gasteiger partial charge on any atom is -0.379 e. The normalized spacial score (nSPS) is 15.9. The van der Waals surface area contributed by atoms with E-state index in [1.54, 1.807) is 0 Å². The van der Waals surface area contributed by atoms with Crippen LogP contribution in [0.15, 0.2) is 36.7 Å². The summed E-state index contributed by atoms with van der Waals surface area (Å²) in [7, 11) is 0. The van der Waals surface area contributed by atoms with E-state index in [4.69, 9.17) is 16.3 Å². The molecule has 0 saturated carbocycles. The van der Waals surface area contributed by atoms with Gasteiger partial charge < -0.3 is 10.1 Å². The van der Waals surface area contributed by atoms with Gasteiger partial charge in [0.25, 0.3) is 0 Å². The van der Waals surface area contributed by atoms with Crippen molar-refractivity contribution in [2.75, 3.05) is 32.8 Å². The standard InChI is InChI=1S/C18H22ClN5O4/c19-16-4-2-1-3-15(16)17(22-7-9-28-10-8-22)12-20-18(25)5-6-23-13-14(11-21-23)24(26)27/h1-4,11,13,17H,5-10,12H2,(H,20,25). The number of aryl methyl sites for hydroxylation is 1. The molecule has 1 amide bonds. The van der Waals surface area contributed by atoms with Crippen molar-refractivity contribution < 1.29 is 14.5 Å². The second-order valence-electron chi connectivity index (χ2n) is 6.46. The third-order valence-electron chi connectivity index (χ3n) is 4.64. The molecular formula is C18H22ClN5O4. The number of nitrogens with zero attached hydrogens (tertiary/aromatic N) is 4. The molecule has 9 nitrogen and oxygen atoms in total. The average Bonchev–Trinajstić information content (AvgIpc) is 3.18. The molecule has 1 aromatic carbocycles. The topological polar surface area (TPSA) is 103 Å². The number of ether oxygens (including phenoxy) is 1. The number of aromatic nitrogens is 2. The summed E-state index contributed by atoms with van der Waals surface area (Å²) in [5, 5.41) is 18.2. The SMILES string of the molecule is O=C(CCn1cc([N+](=O)[O-])cn1)NCC(c1ccccc1Cl)N1CCOCC1. The monoisotopic (exact) mass is 407 g/mol. The van der Waals surface area contributed by atoms with E-state index in [2.05, 4.69) is 15.3 Å². The second kappa shape index (κ2) is 9.63. The maximum atomic E-state index is 12.3. The number of hydrogen-bond donors (Lipinski definition) is 1. The summed E-state index contributed by atoms with van der Waals surface area (Å²) in [5.74, 6) is -0.150. The zero-order valence-corrected chi connectivity index (χ0v) is 16.0. The fourth-order valence-corrected chi connectivity index (χ4v) is 3.42. The van der Waals surface area contributed by atoms with Crippen molar-refractivity contribution in [1.29, 1.82) is 0 Å². The van der Waals surface area contributed by atoms with E-state index in [-0.39, 0.29) is 30.6 Å². The first-order valence-corrected chi connectivity index (χ1v) is 9.42. The summed E-state index contributed by atoms with van der Waals surface area (Å²) in [4.78, 5) is 24.7. The van der Waals surface area contributed by atoms with Gasteiger partial charge in [0.05, 0.1) is 24.2 Å². The Morgan fingerprint density at radius 2 is 2.11 bits per heavy atom. The number of amides is 1. The Morgan fingerprint density at radius 3 is 2.79 bits per heavy atom. The summed E-state index contributed by atoms with van der Waals surface area (Å²) in [6, 6.07) is 7.58. The smallest absolute Gasteiger partial charge is 0.306 e. The minimum atomic E-state index is -0.514. The largest absolute Gasteiger partial charge is 0.379 e. The van der Waals surface area contributed by atoms with Crippen molar-refractivity contribution in [3.63, 3.8) is 0 Å². The predicted molar refractivity (Wildman–Crippen MR) is 103 cm³/mol. The van der Waals surface area contributed by atoms with Gasteiger partial charge in [0, 0.05) is 37.6 Å². The highest BCUT2D eigenvalue weighted by Crippen LogP contribution is 2.27. The summed E-state index contributed by atoms with van der Waals surface area (Å²) in [6.45, 7) is 3.52. The summed E-state index contributed by atoms with van der Waals surface area (Å²) < 4.78 is 6.82. The molecule has 10 heteroatoms. The van der Waals surface area contributed by atoms with Gasteiger partial charge in [0.2, 0.25) is 5.91 Å². The van der Waals surface area contributed by atoms with Gasteiger partial charge in [-0.05, 0) is 11.6 Å². The first kappa shape index (κ1) is 20.2. The molecule has 1 atom stereocenters. The third kappa shape index (κ3) is 5.28. The lowest BCUT2D eigenvalue weighted by Gasteiger charge is -2.35. The van der Waals surface area contributed by atoms with Crippen LogP contribution in [-0.2, 0) is 16.1 Å². The van der Waals surface area contributed by atoms with Crippen LogP contribution in [0.2, 0.25) is 5.02 Å². The van der Waals surface area contributed by atoms with Gasteiger partial charge in [-0.2, -0.15) is 5.10 Å². The van der Waals surface area contributed by atoms with Crippen molar-refractivity contribution in [2.24, 2.45) is 0 Å². The quantitative estimate of drug-likeness (QED) is 0.530. The molecule has 1 aromatic heterocycles. The number of hydrogen-bond acceptors (Lipinski definition) is 6. The maximum Gasteiger partial charge on any atom is 0.306 e. The Morgan fingerprint density at radius 1 is 1.36 bits per heavy atom. The second-order valence-corrected chi connectivity index (χ2v) is 6.87. The van der Waals surface area contributed by atoms with E-state index < -0.39 is 4.92 Å². The van der Waals surface area contributed by atoms with Gasteiger partial charge in [-0.25, -0.2) is 0 Å². The van der Waals surface area contributed by atoms with Crippen LogP contribution < -0.4 is 5.32 Å². The Labute approximate surface area is 167 Å². The van der Waals surface area contributed by atoms with Crippen molar-refractivity contribution >= 4 is 23.2 Å². The highest BCUT2D eigenvalue weighted by atomic mass is 35.5. The van der Waals surface area contributed by atoms with Crippen LogP contribution in [-0.4, -0.2) is 58.4 Å². The maximum absolute atomic E-state index is 12.3. The summed E-state index contributed by atoms with van der Waals surface area (Å²) >= 11 is 6.39. The van der Waals surface area contributed by atoms with Gasteiger partial charge in [-0.15, -0.1) is 0 Å². The van der Waals surface area contributed by atoms with Crippen molar-refractivity contribution in [1.82, 2.24) is 20.0 Å². The fraction of sp³-hybridized carbons (Fsp3) is 0.444. The molecular weight excluding hydrogens is 386 g/mol. The number of benzene rings is 1. The first-order valence-electron chi connectivity index (χ1n) is 9.04. The van der Waals surface area contributed by atoms with Crippen LogP contribution in [0.1, 0.15) is 18.0 Å². The number of carbonyl (C=O) groups is 1. The molecule has 1 N–H and O–H groups in total. The van der Waals surface area contributed by atoms with Crippen LogP contribution in [0.5, 0.6) is 0 Å². The lowest BCUT2D eigenvalue weighted by molar-refractivity contribution is -0.385. The van der Waals surface area contributed by atoms with E-state index in [1.165, 1.54) is 17.1 Å². The van der Waals surface area contributed by atoms with Crippen molar-refractivity contribution in [3.05, 3.63) is 57.4 Å². The van der Waals surface area contributed by atoms with Crippen LogP contribution in [0.4, 0.5) is 5.69 Å². The van der Waals surface area contributed by atoms with E-state index >= 15 is 0 Å². The van der Waals surface area contributed by atoms with Crippen LogP contribution in [0.3, 0.4) is 0 Å². The molecule has 1 unspecified atom stereocenters. The van der Waals surface area contributed by atoms with E-state index in [1.807, 2.05) is 24.3 Å². The molecule has 0 aliphatic carbocycles. The summed E-state index contributed by atoms with van der Waals surface area (Å²) in [6.07, 6.45) is 2.66. The highest BCUT2D eigenvalue weighted by molar-refractivity contribution is 6.31. The lowest BCUT2D eigenvalue weighted by atomic mass is 10.0. The molecule has 0 spiro atoms. The minimum absolute atomic E-state index is 0.0488. The van der Waals surface area contributed by atoms with E-state index in [0.29, 0.717) is 24.8 Å². The van der Waals surface area contributed by atoms with Crippen LogP contribution in [0.25, 0.3) is 0 Å². The Hall–Kier alpha value is -2.49. The zero-order valence-electron chi connectivity index (χ0n) is 15.3.